The molecule has 1 aliphatic heterocycles. The Hall–Kier alpha value is -1.10. The summed E-state index contributed by atoms with van der Waals surface area (Å²) < 4.78 is 5.37. The summed E-state index contributed by atoms with van der Waals surface area (Å²) in [6, 6.07) is 5.95. The monoisotopic (exact) mass is 237 g/mol. The van der Waals surface area contributed by atoms with Crippen molar-refractivity contribution in [3.63, 3.8) is 0 Å². The summed E-state index contributed by atoms with van der Waals surface area (Å²) in [6.07, 6.45) is 0. The summed E-state index contributed by atoms with van der Waals surface area (Å²) in [6.45, 7) is 4.24. The summed E-state index contributed by atoms with van der Waals surface area (Å²) in [7, 11) is 0. The lowest BCUT2D eigenvalue weighted by Crippen LogP contribution is -2.47. The second-order valence-electron chi connectivity index (χ2n) is 4.38. The van der Waals surface area contributed by atoms with Crippen LogP contribution in [-0.2, 0) is 11.3 Å². The molecule has 1 fully saturated rings. The van der Waals surface area contributed by atoms with Gasteiger partial charge in [0.2, 0.25) is 0 Å². The quantitative estimate of drug-likeness (QED) is 0.812. The van der Waals surface area contributed by atoms with Gasteiger partial charge in [-0.15, -0.1) is 0 Å². The van der Waals surface area contributed by atoms with Crippen LogP contribution >= 0.6 is 0 Å². The van der Waals surface area contributed by atoms with E-state index < -0.39 is 0 Å². The third kappa shape index (κ3) is 2.60. The van der Waals surface area contributed by atoms with Crippen LogP contribution < -0.4 is 4.90 Å². The first-order chi connectivity index (χ1) is 8.26. The van der Waals surface area contributed by atoms with E-state index in [2.05, 4.69) is 4.90 Å². The van der Waals surface area contributed by atoms with E-state index in [1.165, 1.54) is 0 Å². The number of morpholine rings is 1. The maximum atomic E-state index is 9.35. The van der Waals surface area contributed by atoms with Crippen molar-refractivity contribution in [1.82, 2.24) is 0 Å². The zero-order valence-corrected chi connectivity index (χ0v) is 10.1. The molecule has 2 N–H and O–H groups in total. The molecule has 0 radical (unpaired) electrons. The van der Waals surface area contributed by atoms with Crippen LogP contribution in [0.15, 0.2) is 18.2 Å². The van der Waals surface area contributed by atoms with Gasteiger partial charge in [0, 0.05) is 12.2 Å². The number of rotatable bonds is 3. The van der Waals surface area contributed by atoms with Crippen molar-refractivity contribution in [2.75, 3.05) is 31.3 Å². The van der Waals surface area contributed by atoms with Gasteiger partial charge >= 0.3 is 0 Å². The molecule has 1 heterocycles. The number of aliphatic hydroxyl groups excluding tert-OH is 2. The molecule has 1 saturated heterocycles. The van der Waals surface area contributed by atoms with Gasteiger partial charge in [-0.2, -0.15) is 0 Å². The van der Waals surface area contributed by atoms with Crippen LogP contribution in [0.1, 0.15) is 11.1 Å². The van der Waals surface area contributed by atoms with Crippen LogP contribution in [0.5, 0.6) is 0 Å². The molecule has 1 aromatic carbocycles. The molecule has 1 unspecified atom stereocenters. The Morgan fingerprint density at radius 2 is 2.24 bits per heavy atom. The molecule has 0 saturated carbocycles. The molecule has 0 spiro atoms. The highest BCUT2D eigenvalue weighted by Crippen LogP contribution is 2.24. The Kier molecular flexibility index (Phi) is 3.99. The van der Waals surface area contributed by atoms with Crippen LogP contribution in [0.3, 0.4) is 0 Å². The molecule has 0 amide bonds. The van der Waals surface area contributed by atoms with Crippen LogP contribution in [0, 0.1) is 6.92 Å². The van der Waals surface area contributed by atoms with E-state index >= 15 is 0 Å². The lowest BCUT2D eigenvalue weighted by atomic mass is 10.1. The summed E-state index contributed by atoms with van der Waals surface area (Å²) in [5, 5.41) is 18.4. The minimum absolute atomic E-state index is 0.0300. The van der Waals surface area contributed by atoms with Gasteiger partial charge in [0.1, 0.15) is 0 Å². The highest BCUT2D eigenvalue weighted by Gasteiger charge is 2.23. The molecule has 1 aromatic rings. The highest BCUT2D eigenvalue weighted by atomic mass is 16.5. The first-order valence-electron chi connectivity index (χ1n) is 5.92. The maximum absolute atomic E-state index is 9.35. The molecular formula is C13H19NO3. The van der Waals surface area contributed by atoms with E-state index in [0.717, 1.165) is 23.4 Å². The molecule has 0 aliphatic carbocycles. The predicted octanol–water partition coefficient (Wildman–Crippen LogP) is 0.685. The molecule has 1 aliphatic rings. The van der Waals surface area contributed by atoms with E-state index in [0.29, 0.717) is 13.2 Å². The molecule has 94 valence electrons. The molecule has 4 heteroatoms. The zero-order valence-electron chi connectivity index (χ0n) is 10.1. The van der Waals surface area contributed by atoms with Gasteiger partial charge in [0.05, 0.1) is 32.5 Å². The molecule has 4 nitrogen and oxygen atoms in total. The van der Waals surface area contributed by atoms with E-state index in [1.807, 2.05) is 25.1 Å². The van der Waals surface area contributed by atoms with Crippen molar-refractivity contribution >= 4 is 5.69 Å². The molecule has 2 rings (SSSR count). The van der Waals surface area contributed by atoms with Crippen molar-refractivity contribution in [3.05, 3.63) is 29.3 Å². The van der Waals surface area contributed by atoms with Crippen molar-refractivity contribution in [3.8, 4) is 0 Å². The van der Waals surface area contributed by atoms with E-state index in [4.69, 9.17) is 9.84 Å². The number of hydrogen-bond donors (Lipinski definition) is 2. The Morgan fingerprint density at radius 3 is 2.88 bits per heavy atom. The number of aliphatic hydroxyl groups is 2. The average molecular weight is 237 g/mol. The fourth-order valence-electron chi connectivity index (χ4n) is 2.26. The summed E-state index contributed by atoms with van der Waals surface area (Å²) in [4.78, 5) is 2.18. The second-order valence-corrected chi connectivity index (χ2v) is 4.38. The minimum Gasteiger partial charge on any atom is -0.394 e. The number of anilines is 1. The smallest absolute Gasteiger partial charge is 0.0755 e. The van der Waals surface area contributed by atoms with Gasteiger partial charge in [0.25, 0.3) is 0 Å². The van der Waals surface area contributed by atoms with Gasteiger partial charge in [-0.3, -0.25) is 0 Å². The molecule has 1 atom stereocenters. The highest BCUT2D eigenvalue weighted by molar-refractivity contribution is 5.55. The number of hydrogen-bond acceptors (Lipinski definition) is 4. The number of aryl methyl sites for hydroxylation is 1. The fraction of sp³-hybridized carbons (Fsp3) is 0.538. The third-order valence-corrected chi connectivity index (χ3v) is 3.19. The van der Waals surface area contributed by atoms with Crippen molar-refractivity contribution < 1.29 is 14.9 Å². The van der Waals surface area contributed by atoms with Gasteiger partial charge in [-0.1, -0.05) is 12.1 Å². The largest absolute Gasteiger partial charge is 0.394 e. The Bertz CT molecular complexity index is 381. The molecular weight excluding hydrogens is 218 g/mol. The summed E-state index contributed by atoms with van der Waals surface area (Å²) >= 11 is 0. The second kappa shape index (κ2) is 5.49. The van der Waals surface area contributed by atoms with Crippen molar-refractivity contribution in [1.29, 1.82) is 0 Å². The maximum Gasteiger partial charge on any atom is 0.0755 e. The number of ether oxygens (including phenoxy) is 1. The first kappa shape index (κ1) is 12.4. The lowest BCUT2D eigenvalue weighted by molar-refractivity contribution is 0.0726. The van der Waals surface area contributed by atoms with Gasteiger partial charge < -0.3 is 19.8 Å². The van der Waals surface area contributed by atoms with Gasteiger partial charge in [-0.05, 0) is 24.1 Å². The van der Waals surface area contributed by atoms with Crippen LogP contribution in [0.2, 0.25) is 0 Å². The van der Waals surface area contributed by atoms with Crippen molar-refractivity contribution in [2.24, 2.45) is 0 Å². The minimum atomic E-state index is 0.0300. The van der Waals surface area contributed by atoms with E-state index in [-0.39, 0.29) is 19.3 Å². The van der Waals surface area contributed by atoms with Gasteiger partial charge in [0.15, 0.2) is 0 Å². The molecule has 17 heavy (non-hydrogen) atoms. The van der Waals surface area contributed by atoms with Crippen molar-refractivity contribution in [2.45, 2.75) is 19.6 Å². The average Bonchev–Trinajstić information content (AvgIpc) is 2.38. The topological polar surface area (TPSA) is 52.9 Å². The lowest BCUT2D eigenvalue weighted by Gasteiger charge is -2.37. The molecule has 0 bridgehead atoms. The van der Waals surface area contributed by atoms with Crippen LogP contribution in [-0.4, -0.2) is 42.6 Å². The number of nitrogens with zero attached hydrogens (tertiary/aromatic N) is 1. The third-order valence-electron chi connectivity index (χ3n) is 3.19. The van der Waals surface area contributed by atoms with E-state index in [1.54, 1.807) is 0 Å². The Balaban J connectivity index is 2.25. The first-order valence-corrected chi connectivity index (χ1v) is 5.92. The summed E-state index contributed by atoms with van der Waals surface area (Å²) in [5.41, 5.74) is 3.15. The van der Waals surface area contributed by atoms with Crippen LogP contribution in [0.25, 0.3) is 0 Å². The predicted molar refractivity (Wildman–Crippen MR) is 66.1 cm³/mol. The molecule has 0 aromatic heterocycles. The Morgan fingerprint density at radius 1 is 1.41 bits per heavy atom. The standard InChI is InChI=1S/C13H19NO3/c1-10-6-11(7-15)2-3-13(10)14-4-5-17-9-12(14)8-16/h2-3,6,12,15-16H,4-5,7-9H2,1H3. The van der Waals surface area contributed by atoms with Crippen LogP contribution in [0.4, 0.5) is 5.69 Å². The van der Waals surface area contributed by atoms with E-state index in [9.17, 15) is 5.11 Å². The Labute approximate surface area is 101 Å². The fourth-order valence-corrected chi connectivity index (χ4v) is 2.26. The summed E-state index contributed by atoms with van der Waals surface area (Å²) in [5.74, 6) is 0. The van der Waals surface area contributed by atoms with Gasteiger partial charge in [-0.25, -0.2) is 0 Å². The number of benzene rings is 1. The normalized spacial score (nSPS) is 20.6. The zero-order chi connectivity index (χ0) is 12.3. The SMILES string of the molecule is Cc1cc(CO)ccc1N1CCOCC1CO.